The predicted molar refractivity (Wildman–Crippen MR) is 174 cm³/mol. The summed E-state index contributed by atoms with van der Waals surface area (Å²) in [6.45, 7) is 0. The monoisotopic (exact) mass is 551 g/mol. The van der Waals surface area contributed by atoms with E-state index in [-0.39, 0.29) is 0 Å². The molecule has 0 radical (unpaired) electrons. The van der Waals surface area contributed by atoms with Crippen LogP contribution in [0.2, 0.25) is 0 Å². The first kappa shape index (κ1) is 22.7. The Morgan fingerprint density at radius 1 is 0.488 bits per heavy atom. The van der Waals surface area contributed by atoms with Crippen molar-refractivity contribution in [1.82, 2.24) is 14.5 Å². The first-order valence-corrected chi connectivity index (χ1v) is 14.3. The molecule has 0 aliphatic carbocycles. The van der Waals surface area contributed by atoms with Crippen molar-refractivity contribution in [3.8, 4) is 17.2 Å². The minimum absolute atomic E-state index is 0.587. The highest BCUT2D eigenvalue weighted by molar-refractivity contribution is 6.20. The molecule has 0 spiro atoms. The molecule has 0 unspecified atom stereocenters. The quantitative estimate of drug-likeness (QED) is 0.214. The molecule has 6 aromatic carbocycles. The van der Waals surface area contributed by atoms with Gasteiger partial charge in [0.05, 0.1) is 16.4 Å². The highest BCUT2D eigenvalue weighted by Gasteiger charge is 2.23. The highest BCUT2D eigenvalue weighted by atomic mass is 16.3. The maximum absolute atomic E-state index is 6.54. The second-order valence-corrected chi connectivity index (χ2v) is 11.0. The largest absolute Gasteiger partial charge is 0.456 e. The van der Waals surface area contributed by atoms with Gasteiger partial charge in [-0.15, -0.1) is 0 Å². The van der Waals surface area contributed by atoms with Gasteiger partial charge in [-0.2, -0.15) is 0 Å². The first-order chi connectivity index (χ1) is 21.3. The molecule has 4 heterocycles. The molecule has 0 aliphatic rings. The van der Waals surface area contributed by atoms with Gasteiger partial charge in [0.25, 0.3) is 0 Å². The molecule has 43 heavy (non-hydrogen) atoms. The fourth-order valence-electron chi connectivity index (χ4n) is 6.69. The third kappa shape index (κ3) is 3.11. The fraction of sp³-hybridized carbons (Fsp3) is 0. The van der Waals surface area contributed by atoms with Crippen LogP contribution in [0.1, 0.15) is 0 Å². The molecule has 0 saturated carbocycles. The van der Waals surface area contributed by atoms with E-state index in [1.165, 1.54) is 0 Å². The van der Waals surface area contributed by atoms with E-state index in [0.29, 0.717) is 11.5 Å². The number of para-hydroxylation sites is 2. The van der Waals surface area contributed by atoms with E-state index < -0.39 is 0 Å². The van der Waals surface area contributed by atoms with Crippen LogP contribution in [0.3, 0.4) is 0 Å². The van der Waals surface area contributed by atoms with Gasteiger partial charge in [-0.1, -0.05) is 97.1 Å². The molecular weight excluding hydrogens is 530 g/mol. The van der Waals surface area contributed by atoms with Gasteiger partial charge in [0, 0.05) is 33.2 Å². The zero-order valence-corrected chi connectivity index (χ0v) is 22.8. The van der Waals surface area contributed by atoms with Gasteiger partial charge in [0.2, 0.25) is 5.95 Å². The van der Waals surface area contributed by atoms with Crippen molar-refractivity contribution in [3.63, 3.8) is 0 Å². The summed E-state index contributed by atoms with van der Waals surface area (Å²) in [6.07, 6.45) is 0. The topological polar surface area (TPSA) is 57.0 Å². The molecule has 0 atom stereocenters. The maximum Gasteiger partial charge on any atom is 0.236 e. The van der Waals surface area contributed by atoms with Crippen molar-refractivity contribution in [3.05, 3.63) is 127 Å². The van der Waals surface area contributed by atoms with E-state index >= 15 is 0 Å². The Kier molecular flexibility index (Phi) is 4.39. The second-order valence-electron chi connectivity index (χ2n) is 11.0. The summed E-state index contributed by atoms with van der Waals surface area (Å²) in [4.78, 5) is 10.5. The van der Waals surface area contributed by atoms with Gasteiger partial charge in [-0.05, 0) is 35.0 Å². The minimum atomic E-state index is 0.587. The number of rotatable bonds is 2. The Morgan fingerprint density at radius 2 is 1.26 bits per heavy atom. The summed E-state index contributed by atoms with van der Waals surface area (Å²) in [5, 5.41) is 7.71. The lowest BCUT2D eigenvalue weighted by molar-refractivity contribution is 0.666. The van der Waals surface area contributed by atoms with Crippen LogP contribution in [0.5, 0.6) is 0 Å². The zero-order chi connectivity index (χ0) is 28.1. The number of furan rings is 2. The van der Waals surface area contributed by atoms with Crippen LogP contribution >= 0.6 is 0 Å². The first-order valence-electron chi connectivity index (χ1n) is 14.3. The molecule has 0 N–H and O–H groups in total. The highest BCUT2D eigenvalue weighted by Crippen LogP contribution is 2.41. The van der Waals surface area contributed by atoms with Crippen LogP contribution in [0.15, 0.2) is 136 Å². The Morgan fingerprint density at radius 3 is 2.16 bits per heavy atom. The van der Waals surface area contributed by atoms with Crippen molar-refractivity contribution in [2.45, 2.75) is 0 Å². The molecule has 10 aromatic rings. The summed E-state index contributed by atoms with van der Waals surface area (Å²) < 4.78 is 15.0. The molecule has 4 aromatic heterocycles. The Balaban J connectivity index is 1.38. The average molecular weight is 552 g/mol. The predicted octanol–water partition coefficient (Wildman–Crippen LogP) is 10.2. The van der Waals surface area contributed by atoms with Crippen LogP contribution < -0.4 is 0 Å². The molecule has 0 amide bonds. The second kappa shape index (κ2) is 8.30. The van der Waals surface area contributed by atoms with Gasteiger partial charge >= 0.3 is 0 Å². The summed E-state index contributed by atoms with van der Waals surface area (Å²) in [5.74, 6) is 0.587. The summed E-state index contributed by atoms with van der Waals surface area (Å²) >= 11 is 0. The smallest absolute Gasteiger partial charge is 0.236 e. The molecular formula is C38H21N3O2. The number of fused-ring (bicyclic) bond motifs is 11. The molecule has 10 rings (SSSR count). The van der Waals surface area contributed by atoms with Crippen molar-refractivity contribution < 1.29 is 8.83 Å². The van der Waals surface area contributed by atoms with E-state index in [1.807, 2.05) is 36.4 Å². The summed E-state index contributed by atoms with van der Waals surface area (Å²) in [5.41, 5.74) is 7.74. The molecule has 0 saturated heterocycles. The maximum atomic E-state index is 6.54. The van der Waals surface area contributed by atoms with Gasteiger partial charge in [0.1, 0.15) is 28.0 Å². The zero-order valence-electron chi connectivity index (χ0n) is 22.8. The van der Waals surface area contributed by atoms with Crippen LogP contribution in [-0.4, -0.2) is 14.5 Å². The van der Waals surface area contributed by atoms with Gasteiger partial charge in [-0.3, -0.25) is 4.57 Å². The van der Waals surface area contributed by atoms with E-state index in [9.17, 15) is 0 Å². The third-order valence-corrected chi connectivity index (χ3v) is 8.61. The minimum Gasteiger partial charge on any atom is -0.456 e. The summed E-state index contributed by atoms with van der Waals surface area (Å²) in [6, 6.07) is 43.7. The van der Waals surface area contributed by atoms with E-state index in [1.54, 1.807) is 0 Å². The van der Waals surface area contributed by atoms with Crippen LogP contribution in [0.4, 0.5) is 0 Å². The SMILES string of the molecule is c1ccc(-c2nc(-n3c4ccccc4c4cc5c(cc43)oc3ccccc35)nc3c2oc2ccc4ccccc4c23)cc1. The molecule has 200 valence electrons. The van der Waals surface area contributed by atoms with Crippen molar-refractivity contribution in [1.29, 1.82) is 0 Å². The Hall–Kier alpha value is -5.94. The van der Waals surface area contributed by atoms with Gasteiger partial charge in [0.15, 0.2) is 5.58 Å². The number of benzene rings is 6. The van der Waals surface area contributed by atoms with Crippen LogP contribution in [-0.2, 0) is 0 Å². The van der Waals surface area contributed by atoms with Crippen molar-refractivity contribution >= 4 is 76.6 Å². The third-order valence-electron chi connectivity index (χ3n) is 8.61. The molecule has 5 nitrogen and oxygen atoms in total. The normalized spacial score (nSPS) is 12.2. The van der Waals surface area contributed by atoms with Crippen molar-refractivity contribution in [2.75, 3.05) is 0 Å². The molecule has 5 heteroatoms. The lowest BCUT2D eigenvalue weighted by Crippen LogP contribution is -2.02. The fourth-order valence-corrected chi connectivity index (χ4v) is 6.69. The number of aromatic nitrogens is 3. The number of nitrogens with zero attached hydrogens (tertiary/aromatic N) is 3. The van der Waals surface area contributed by atoms with Gasteiger partial charge in [-0.25, -0.2) is 9.97 Å². The van der Waals surface area contributed by atoms with E-state index in [0.717, 1.165) is 82.3 Å². The van der Waals surface area contributed by atoms with Gasteiger partial charge < -0.3 is 8.83 Å². The molecule has 0 fully saturated rings. The Bertz CT molecular complexity index is 2730. The molecule has 0 aliphatic heterocycles. The summed E-state index contributed by atoms with van der Waals surface area (Å²) in [7, 11) is 0. The average Bonchev–Trinajstić information content (AvgIpc) is 3.73. The van der Waals surface area contributed by atoms with E-state index in [4.69, 9.17) is 18.8 Å². The van der Waals surface area contributed by atoms with Crippen LogP contribution in [0.25, 0.3) is 93.8 Å². The number of hydrogen-bond donors (Lipinski definition) is 0. The lowest BCUT2D eigenvalue weighted by atomic mass is 10.1. The molecule has 0 bridgehead atoms. The number of hydrogen-bond acceptors (Lipinski definition) is 4. The van der Waals surface area contributed by atoms with Crippen LogP contribution in [0, 0.1) is 0 Å². The Labute approximate surface area is 244 Å². The standard InChI is InChI=1S/C38H21N3O2/c1-2-11-23(12-3-1)35-37-36(34-24-13-5-4-10-22(24)18-19-32(34)43-37)40-38(39-35)41-29-16-8-6-14-25(29)27-20-28-26-15-7-9-17-31(26)42-33(28)21-30(27)41/h1-21H. The van der Waals surface area contributed by atoms with Crippen molar-refractivity contribution in [2.24, 2.45) is 0 Å². The van der Waals surface area contributed by atoms with E-state index in [2.05, 4.69) is 95.6 Å². The lowest BCUT2D eigenvalue weighted by Gasteiger charge is -2.09.